The SMILES string of the molecule is CC(C)(C#N)C(=O)NCC1CCCCS1. The van der Waals surface area contributed by atoms with Gasteiger partial charge in [0.1, 0.15) is 5.41 Å². The standard InChI is InChI=1S/C11H18N2OS/c1-11(2,8-12)10(14)13-7-9-5-3-4-6-15-9/h9H,3-7H2,1-2H3,(H,13,14). The van der Waals surface area contributed by atoms with Gasteiger partial charge in [0.2, 0.25) is 5.91 Å². The van der Waals surface area contributed by atoms with Crippen molar-refractivity contribution in [3.05, 3.63) is 0 Å². The number of amides is 1. The summed E-state index contributed by atoms with van der Waals surface area (Å²) in [6, 6.07) is 2.01. The Hall–Kier alpha value is -0.690. The van der Waals surface area contributed by atoms with E-state index in [4.69, 9.17) is 5.26 Å². The highest BCUT2D eigenvalue weighted by Gasteiger charge is 2.27. The van der Waals surface area contributed by atoms with Crippen LogP contribution in [0.1, 0.15) is 33.1 Å². The summed E-state index contributed by atoms with van der Waals surface area (Å²) in [6.07, 6.45) is 3.73. The van der Waals surface area contributed by atoms with Gasteiger partial charge in [-0.05, 0) is 32.4 Å². The molecule has 1 aliphatic rings. The van der Waals surface area contributed by atoms with Crippen LogP contribution in [-0.4, -0.2) is 23.5 Å². The van der Waals surface area contributed by atoms with Crippen LogP contribution in [0.15, 0.2) is 0 Å². The van der Waals surface area contributed by atoms with Crippen LogP contribution in [-0.2, 0) is 4.79 Å². The van der Waals surface area contributed by atoms with E-state index in [9.17, 15) is 4.79 Å². The molecule has 3 nitrogen and oxygen atoms in total. The summed E-state index contributed by atoms with van der Waals surface area (Å²) >= 11 is 1.93. The second kappa shape index (κ2) is 5.41. The molecule has 1 fully saturated rings. The molecule has 1 aliphatic heterocycles. The highest BCUT2D eigenvalue weighted by molar-refractivity contribution is 7.99. The zero-order valence-corrected chi connectivity index (χ0v) is 10.2. The molecule has 1 heterocycles. The van der Waals surface area contributed by atoms with Crippen molar-refractivity contribution >= 4 is 17.7 Å². The molecule has 0 aromatic rings. The van der Waals surface area contributed by atoms with Gasteiger partial charge < -0.3 is 5.32 Å². The first-order valence-electron chi connectivity index (χ1n) is 5.37. The summed E-state index contributed by atoms with van der Waals surface area (Å²) < 4.78 is 0. The second-order valence-electron chi connectivity index (χ2n) is 4.44. The molecule has 0 bridgehead atoms. The molecular weight excluding hydrogens is 208 g/mol. The van der Waals surface area contributed by atoms with Crippen LogP contribution < -0.4 is 5.32 Å². The average Bonchev–Trinajstić information content (AvgIpc) is 2.27. The third kappa shape index (κ3) is 3.75. The predicted molar refractivity (Wildman–Crippen MR) is 62.5 cm³/mol. The van der Waals surface area contributed by atoms with Crippen molar-refractivity contribution in [1.82, 2.24) is 5.32 Å². The van der Waals surface area contributed by atoms with Crippen LogP contribution in [0.4, 0.5) is 0 Å². The molecule has 1 N–H and O–H groups in total. The van der Waals surface area contributed by atoms with Crippen LogP contribution in [0.3, 0.4) is 0 Å². The quantitative estimate of drug-likeness (QED) is 0.800. The number of rotatable bonds is 3. The van der Waals surface area contributed by atoms with E-state index in [0.717, 1.165) is 0 Å². The maximum absolute atomic E-state index is 11.6. The van der Waals surface area contributed by atoms with Crippen molar-refractivity contribution in [3.63, 3.8) is 0 Å². The molecule has 1 rings (SSSR count). The molecule has 1 atom stereocenters. The second-order valence-corrected chi connectivity index (χ2v) is 5.84. The maximum atomic E-state index is 11.6. The number of carbonyl (C=O) groups excluding carboxylic acids is 1. The van der Waals surface area contributed by atoms with Crippen molar-refractivity contribution in [1.29, 1.82) is 5.26 Å². The van der Waals surface area contributed by atoms with Crippen LogP contribution in [0.25, 0.3) is 0 Å². The summed E-state index contributed by atoms with van der Waals surface area (Å²) in [5.41, 5.74) is -0.903. The lowest BCUT2D eigenvalue weighted by atomic mass is 9.95. The van der Waals surface area contributed by atoms with Gasteiger partial charge in [0.05, 0.1) is 6.07 Å². The Morgan fingerprint density at radius 1 is 1.60 bits per heavy atom. The average molecular weight is 226 g/mol. The summed E-state index contributed by atoms with van der Waals surface area (Å²) in [6.45, 7) is 4.00. The zero-order valence-electron chi connectivity index (χ0n) is 9.38. The van der Waals surface area contributed by atoms with Gasteiger partial charge in [0.25, 0.3) is 0 Å². The van der Waals surface area contributed by atoms with Crippen molar-refractivity contribution < 1.29 is 4.79 Å². The third-order valence-corrected chi connectivity index (χ3v) is 4.01. The van der Waals surface area contributed by atoms with Gasteiger partial charge in [-0.15, -0.1) is 0 Å². The first-order valence-corrected chi connectivity index (χ1v) is 6.42. The molecule has 84 valence electrons. The fourth-order valence-corrected chi connectivity index (χ4v) is 2.69. The van der Waals surface area contributed by atoms with Gasteiger partial charge in [-0.1, -0.05) is 6.42 Å². The molecule has 0 aromatic carbocycles. The lowest BCUT2D eigenvalue weighted by molar-refractivity contribution is -0.126. The minimum atomic E-state index is -0.903. The van der Waals surface area contributed by atoms with Gasteiger partial charge in [0.15, 0.2) is 0 Å². The number of nitrogens with one attached hydrogen (secondary N) is 1. The summed E-state index contributed by atoms with van der Waals surface area (Å²) in [4.78, 5) is 11.6. The lowest BCUT2D eigenvalue weighted by Gasteiger charge is -2.23. The molecule has 0 saturated carbocycles. The minimum Gasteiger partial charge on any atom is -0.354 e. The molecule has 0 aromatic heterocycles. The van der Waals surface area contributed by atoms with E-state index in [1.807, 2.05) is 17.8 Å². The van der Waals surface area contributed by atoms with Gasteiger partial charge >= 0.3 is 0 Å². The van der Waals surface area contributed by atoms with E-state index in [1.165, 1.54) is 25.0 Å². The lowest BCUT2D eigenvalue weighted by Crippen LogP contribution is -2.39. The Kier molecular flexibility index (Phi) is 4.46. The summed E-state index contributed by atoms with van der Waals surface area (Å²) in [7, 11) is 0. The number of nitrogens with zero attached hydrogens (tertiary/aromatic N) is 1. The van der Waals surface area contributed by atoms with E-state index >= 15 is 0 Å². The molecule has 0 radical (unpaired) electrons. The first kappa shape index (κ1) is 12.4. The number of nitriles is 1. The van der Waals surface area contributed by atoms with E-state index in [-0.39, 0.29) is 5.91 Å². The number of hydrogen-bond acceptors (Lipinski definition) is 3. The topological polar surface area (TPSA) is 52.9 Å². The predicted octanol–water partition coefficient (Wildman–Crippen LogP) is 1.94. The highest BCUT2D eigenvalue weighted by atomic mass is 32.2. The van der Waals surface area contributed by atoms with Crippen molar-refractivity contribution in [2.24, 2.45) is 5.41 Å². The fraction of sp³-hybridized carbons (Fsp3) is 0.818. The molecule has 1 saturated heterocycles. The van der Waals surface area contributed by atoms with Crippen molar-refractivity contribution in [2.75, 3.05) is 12.3 Å². The van der Waals surface area contributed by atoms with E-state index in [0.29, 0.717) is 11.8 Å². The molecule has 1 unspecified atom stereocenters. The fourth-order valence-electron chi connectivity index (χ4n) is 1.45. The monoisotopic (exact) mass is 226 g/mol. The Balaban J connectivity index is 2.30. The molecule has 15 heavy (non-hydrogen) atoms. The van der Waals surface area contributed by atoms with Gasteiger partial charge in [-0.25, -0.2) is 0 Å². The molecule has 1 amide bonds. The highest BCUT2D eigenvalue weighted by Crippen LogP contribution is 2.24. The van der Waals surface area contributed by atoms with Crippen LogP contribution >= 0.6 is 11.8 Å². The van der Waals surface area contributed by atoms with Crippen LogP contribution in [0, 0.1) is 16.7 Å². The van der Waals surface area contributed by atoms with E-state index in [2.05, 4.69) is 5.32 Å². The van der Waals surface area contributed by atoms with E-state index < -0.39 is 5.41 Å². The normalized spacial score (nSPS) is 21.8. The third-order valence-electron chi connectivity index (χ3n) is 2.61. The Labute approximate surface area is 95.6 Å². The summed E-state index contributed by atoms with van der Waals surface area (Å²) in [5.74, 6) is 1.04. The van der Waals surface area contributed by atoms with Crippen molar-refractivity contribution in [3.8, 4) is 6.07 Å². The van der Waals surface area contributed by atoms with Gasteiger partial charge in [0, 0.05) is 11.8 Å². The number of hydrogen-bond donors (Lipinski definition) is 1. The first-order chi connectivity index (χ1) is 7.06. The van der Waals surface area contributed by atoms with Crippen LogP contribution in [0.5, 0.6) is 0 Å². The Bertz CT molecular complexity index is 264. The molecule has 0 aliphatic carbocycles. The maximum Gasteiger partial charge on any atom is 0.239 e. The summed E-state index contributed by atoms with van der Waals surface area (Å²) in [5, 5.41) is 12.2. The largest absolute Gasteiger partial charge is 0.354 e. The minimum absolute atomic E-state index is 0.156. The van der Waals surface area contributed by atoms with E-state index in [1.54, 1.807) is 13.8 Å². The molecule has 0 spiro atoms. The number of carbonyl (C=O) groups is 1. The van der Waals surface area contributed by atoms with Crippen LogP contribution in [0.2, 0.25) is 0 Å². The molecular formula is C11H18N2OS. The van der Waals surface area contributed by atoms with Crippen molar-refractivity contribution in [2.45, 2.75) is 38.4 Å². The van der Waals surface area contributed by atoms with Gasteiger partial charge in [-0.3, -0.25) is 4.79 Å². The van der Waals surface area contributed by atoms with Gasteiger partial charge in [-0.2, -0.15) is 17.0 Å². The smallest absolute Gasteiger partial charge is 0.239 e. The molecule has 4 heteroatoms. The number of thioether (sulfide) groups is 1. The Morgan fingerprint density at radius 3 is 2.87 bits per heavy atom. The Morgan fingerprint density at radius 2 is 2.33 bits per heavy atom. The zero-order chi connectivity index (χ0) is 11.3.